The second kappa shape index (κ2) is 8.86. The lowest BCUT2D eigenvalue weighted by Gasteiger charge is -2.33. The molecule has 8 nitrogen and oxygen atoms in total. The third-order valence-electron chi connectivity index (χ3n) is 6.59. The van der Waals surface area contributed by atoms with Crippen molar-refractivity contribution in [3.05, 3.63) is 59.7 Å². The number of benzene rings is 2. The van der Waals surface area contributed by atoms with Gasteiger partial charge in [-0.2, -0.15) is 0 Å². The van der Waals surface area contributed by atoms with Crippen LogP contribution in [-0.4, -0.2) is 53.6 Å². The molecule has 2 amide bonds. The number of phenolic OH excluding ortho intramolecular Hbond substituents is 1. The van der Waals surface area contributed by atoms with Crippen LogP contribution in [-0.2, 0) is 25.5 Å². The summed E-state index contributed by atoms with van der Waals surface area (Å²) < 4.78 is 10.7. The first kappa shape index (κ1) is 22.8. The lowest BCUT2D eigenvalue weighted by molar-refractivity contribution is -0.156. The standard InChI is InChI=1S/C25H28N2O6/c1-4-27-22(29)19-20(23(27)30)25(24(31)33-5-2,14-15-9-7-6-8-10-15)26-21(19)16-11-12-17(28)18(13-16)32-3/h6-13,19-21,26,28H,4-5,14H2,1-3H3/t19-,20+,21+,25+/m0/s1. The molecule has 0 bridgehead atoms. The van der Waals surface area contributed by atoms with Crippen LogP contribution in [0.15, 0.2) is 48.5 Å². The van der Waals surface area contributed by atoms with Gasteiger partial charge in [-0.3, -0.25) is 24.6 Å². The second-order valence-corrected chi connectivity index (χ2v) is 8.33. The number of imide groups is 1. The smallest absolute Gasteiger partial charge is 0.327 e. The molecule has 174 valence electrons. The van der Waals surface area contributed by atoms with Crippen molar-refractivity contribution in [2.24, 2.45) is 11.8 Å². The second-order valence-electron chi connectivity index (χ2n) is 8.33. The Morgan fingerprint density at radius 2 is 1.85 bits per heavy atom. The van der Waals surface area contributed by atoms with Gasteiger partial charge in [-0.05, 0) is 37.1 Å². The van der Waals surface area contributed by atoms with E-state index in [1.165, 1.54) is 18.1 Å². The number of phenols is 1. The molecule has 2 aliphatic rings. The van der Waals surface area contributed by atoms with Gasteiger partial charge in [0.2, 0.25) is 11.8 Å². The Labute approximate surface area is 192 Å². The lowest BCUT2D eigenvalue weighted by atomic mass is 9.76. The zero-order valence-corrected chi connectivity index (χ0v) is 18.9. The highest BCUT2D eigenvalue weighted by molar-refractivity contribution is 6.09. The molecule has 2 N–H and O–H groups in total. The molecule has 2 aromatic carbocycles. The molecule has 2 aliphatic heterocycles. The number of aromatic hydroxyl groups is 1. The molecule has 2 saturated heterocycles. The van der Waals surface area contributed by atoms with Crippen molar-refractivity contribution < 1.29 is 29.0 Å². The summed E-state index contributed by atoms with van der Waals surface area (Å²) in [6.45, 7) is 3.82. The molecular formula is C25H28N2O6. The van der Waals surface area contributed by atoms with Crippen molar-refractivity contribution in [1.82, 2.24) is 10.2 Å². The van der Waals surface area contributed by atoms with Crippen molar-refractivity contribution in [2.45, 2.75) is 31.8 Å². The zero-order chi connectivity index (χ0) is 23.8. The predicted molar refractivity (Wildman–Crippen MR) is 119 cm³/mol. The predicted octanol–water partition coefficient (Wildman–Crippen LogP) is 2.21. The first-order chi connectivity index (χ1) is 15.9. The highest BCUT2D eigenvalue weighted by Gasteiger charge is 2.68. The molecule has 0 saturated carbocycles. The Hall–Kier alpha value is -3.39. The molecule has 8 heteroatoms. The maximum Gasteiger partial charge on any atom is 0.327 e. The van der Waals surface area contributed by atoms with Crippen LogP contribution in [0.4, 0.5) is 0 Å². The molecule has 0 unspecified atom stereocenters. The Bertz CT molecular complexity index is 1070. The van der Waals surface area contributed by atoms with Crippen LogP contribution in [0.25, 0.3) is 0 Å². The number of likely N-dealkylation sites (tertiary alicyclic amines) is 1. The number of nitrogens with zero attached hydrogens (tertiary/aromatic N) is 1. The van der Waals surface area contributed by atoms with Crippen LogP contribution < -0.4 is 10.1 Å². The third kappa shape index (κ3) is 3.64. The van der Waals surface area contributed by atoms with E-state index in [0.717, 1.165) is 5.56 Å². The van der Waals surface area contributed by atoms with Gasteiger partial charge in [0.05, 0.1) is 25.6 Å². The quantitative estimate of drug-likeness (QED) is 0.490. The maximum atomic E-state index is 13.5. The monoisotopic (exact) mass is 452 g/mol. The van der Waals surface area contributed by atoms with Crippen molar-refractivity contribution in [3.8, 4) is 11.5 Å². The Kier molecular flexibility index (Phi) is 6.12. The van der Waals surface area contributed by atoms with Crippen molar-refractivity contribution >= 4 is 17.8 Å². The number of carbonyl (C=O) groups is 3. The molecule has 2 fully saturated rings. The van der Waals surface area contributed by atoms with E-state index in [2.05, 4.69) is 5.32 Å². The van der Waals surface area contributed by atoms with Gasteiger partial charge in [-0.1, -0.05) is 36.4 Å². The number of amides is 2. The fourth-order valence-electron chi connectivity index (χ4n) is 5.15. The number of carbonyl (C=O) groups excluding carboxylic acids is 3. The molecule has 33 heavy (non-hydrogen) atoms. The van der Waals surface area contributed by atoms with E-state index in [4.69, 9.17) is 9.47 Å². The van der Waals surface area contributed by atoms with Gasteiger partial charge in [0, 0.05) is 19.0 Å². The van der Waals surface area contributed by atoms with E-state index < -0.39 is 29.4 Å². The first-order valence-electron chi connectivity index (χ1n) is 11.1. The van der Waals surface area contributed by atoms with Gasteiger partial charge in [0.1, 0.15) is 5.54 Å². The van der Waals surface area contributed by atoms with Gasteiger partial charge in [-0.25, -0.2) is 0 Å². The SMILES string of the molecule is CCOC(=O)[C@]1(Cc2ccccc2)N[C@H](c2ccc(O)c(OC)c2)[C@H]2C(=O)N(CC)C(=O)[C@@H]21. The molecule has 0 aliphatic carbocycles. The highest BCUT2D eigenvalue weighted by Crippen LogP contribution is 2.51. The van der Waals surface area contributed by atoms with E-state index >= 15 is 0 Å². The van der Waals surface area contributed by atoms with Gasteiger partial charge in [0.15, 0.2) is 11.5 Å². The normalized spacial score (nSPS) is 26.4. The van der Waals surface area contributed by atoms with E-state index in [1.807, 2.05) is 30.3 Å². The van der Waals surface area contributed by atoms with Gasteiger partial charge in [0.25, 0.3) is 0 Å². The summed E-state index contributed by atoms with van der Waals surface area (Å²) in [5.41, 5.74) is 0.0583. The highest BCUT2D eigenvalue weighted by atomic mass is 16.5. The number of nitrogens with one attached hydrogen (secondary N) is 1. The molecule has 0 aromatic heterocycles. The molecule has 0 radical (unpaired) electrons. The summed E-state index contributed by atoms with van der Waals surface area (Å²) in [4.78, 5) is 41.6. The number of ether oxygens (including phenoxy) is 2. The average molecular weight is 453 g/mol. The number of methoxy groups -OCH3 is 1. The zero-order valence-electron chi connectivity index (χ0n) is 18.9. The van der Waals surface area contributed by atoms with Crippen LogP contribution in [0, 0.1) is 11.8 Å². The number of hydrogen-bond donors (Lipinski definition) is 2. The van der Waals surface area contributed by atoms with Crippen LogP contribution in [0.3, 0.4) is 0 Å². The third-order valence-corrected chi connectivity index (χ3v) is 6.59. The number of hydrogen-bond acceptors (Lipinski definition) is 7. The minimum Gasteiger partial charge on any atom is -0.504 e. The number of fused-ring (bicyclic) bond motifs is 1. The fraction of sp³-hybridized carbons (Fsp3) is 0.400. The van der Waals surface area contributed by atoms with Crippen molar-refractivity contribution in [3.63, 3.8) is 0 Å². The topological polar surface area (TPSA) is 105 Å². The largest absolute Gasteiger partial charge is 0.504 e. The lowest BCUT2D eigenvalue weighted by Crippen LogP contribution is -2.58. The van der Waals surface area contributed by atoms with Crippen molar-refractivity contribution in [2.75, 3.05) is 20.3 Å². The summed E-state index contributed by atoms with van der Waals surface area (Å²) in [7, 11) is 1.44. The number of rotatable bonds is 7. The Balaban J connectivity index is 1.88. The van der Waals surface area contributed by atoms with Gasteiger partial charge in [-0.15, -0.1) is 0 Å². The summed E-state index contributed by atoms with van der Waals surface area (Å²) in [6, 6.07) is 13.5. The van der Waals surface area contributed by atoms with E-state index in [1.54, 1.807) is 26.0 Å². The summed E-state index contributed by atoms with van der Waals surface area (Å²) in [5.74, 6) is -2.77. The maximum absolute atomic E-state index is 13.5. The van der Waals surface area contributed by atoms with Crippen LogP contribution in [0.2, 0.25) is 0 Å². The molecule has 2 aromatic rings. The molecule has 0 spiro atoms. The minimum absolute atomic E-state index is 0.0410. The average Bonchev–Trinajstić information content (AvgIpc) is 3.29. The molecule has 2 heterocycles. The minimum atomic E-state index is -1.42. The number of esters is 1. The summed E-state index contributed by atoms with van der Waals surface area (Å²) in [6.07, 6.45) is 0.191. The first-order valence-corrected chi connectivity index (χ1v) is 11.1. The summed E-state index contributed by atoms with van der Waals surface area (Å²) in [5, 5.41) is 13.4. The molecule has 4 atom stereocenters. The Morgan fingerprint density at radius 1 is 1.12 bits per heavy atom. The summed E-state index contributed by atoms with van der Waals surface area (Å²) >= 11 is 0. The van der Waals surface area contributed by atoms with E-state index in [0.29, 0.717) is 5.56 Å². The van der Waals surface area contributed by atoms with E-state index in [-0.39, 0.29) is 42.9 Å². The van der Waals surface area contributed by atoms with Gasteiger partial charge < -0.3 is 14.6 Å². The Morgan fingerprint density at radius 3 is 2.48 bits per heavy atom. The van der Waals surface area contributed by atoms with Gasteiger partial charge >= 0.3 is 5.97 Å². The van der Waals surface area contributed by atoms with Crippen molar-refractivity contribution in [1.29, 1.82) is 0 Å². The fourth-order valence-corrected chi connectivity index (χ4v) is 5.15. The van der Waals surface area contributed by atoms with E-state index in [9.17, 15) is 19.5 Å². The van der Waals surface area contributed by atoms with Crippen LogP contribution in [0.5, 0.6) is 11.5 Å². The molecule has 4 rings (SSSR count). The molecular weight excluding hydrogens is 424 g/mol. The van der Waals surface area contributed by atoms with Crippen LogP contribution in [0.1, 0.15) is 31.0 Å². The van der Waals surface area contributed by atoms with Crippen LogP contribution >= 0.6 is 0 Å².